The molecular formula is C24H15Cl6F2N3O2. The van der Waals surface area contributed by atoms with E-state index in [9.17, 15) is 18.4 Å². The van der Waals surface area contributed by atoms with Crippen LogP contribution in [-0.4, -0.2) is 16.1 Å². The number of nitrogen functional groups attached to an aromatic ring is 1. The summed E-state index contributed by atoms with van der Waals surface area (Å²) in [7, 11) is 0. The number of hydrogen-bond donors (Lipinski definition) is 3. The number of hydrogen-bond acceptors (Lipinski definition) is 3. The second-order valence-corrected chi connectivity index (χ2v) is 11.4. The van der Waals surface area contributed by atoms with Gasteiger partial charge in [0.2, 0.25) is 5.91 Å². The Bertz CT molecular complexity index is 1440. The van der Waals surface area contributed by atoms with Crippen molar-refractivity contribution < 1.29 is 18.4 Å². The van der Waals surface area contributed by atoms with E-state index in [0.29, 0.717) is 11.1 Å². The summed E-state index contributed by atoms with van der Waals surface area (Å²) < 4.78 is 26.3. The lowest BCUT2D eigenvalue weighted by Crippen LogP contribution is -2.19. The zero-order valence-corrected chi connectivity index (χ0v) is 23.1. The summed E-state index contributed by atoms with van der Waals surface area (Å²) in [5.41, 5.74) is 5.35. The number of alkyl halides is 2. The fourth-order valence-corrected chi connectivity index (χ4v) is 5.54. The molecule has 13 heteroatoms. The van der Waals surface area contributed by atoms with E-state index in [2.05, 4.69) is 10.6 Å². The van der Waals surface area contributed by atoms with Crippen molar-refractivity contribution in [3.05, 3.63) is 84.8 Å². The number of carbonyl (C=O) groups excluding carboxylic acids is 2. The number of halogens is 8. The summed E-state index contributed by atoms with van der Waals surface area (Å²) in [5.74, 6) is -4.96. The van der Waals surface area contributed by atoms with Crippen molar-refractivity contribution in [1.82, 2.24) is 0 Å². The largest absolute Gasteiger partial charge is 0.394 e. The van der Waals surface area contributed by atoms with Gasteiger partial charge in [0.25, 0.3) is 5.91 Å². The maximum Gasteiger partial charge on any atom is 0.257 e. The normalized spacial score (nSPS) is 17.9. The van der Waals surface area contributed by atoms with Crippen molar-refractivity contribution in [3.63, 3.8) is 0 Å². The molecule has 3 aromatic rings. The van der Waals surface area contributed by atoms with Crippen molar-refractivity contribution >= 4 is 98.5 Å². The minimum absolute atomic E-state index is 0.0600. The molecule has 3 aromatic carbocycles. The van der Waals surface area contributed by atoms with E-state index in [0.717, 1.165) is 12.1 Å². The Kier molecular flexibility index (Phi) is 7.79. The number of benzene rings is 3. The SMILES string of the molecule is Cc1cc(NC(=O)C2[C@H](c3cc(Cl)c(Cl)c(Cl)c3)C2(Cl)Cl)cc(C(=O)Nc2ccc(F)c(N)c2F)c1Cl. The van der Waals surface area contributed by atoms with Gasteiger partial charge in [-0.1, -0.05) is 46.4 Å². The average Bonchev–Trinajstić information content (AvgIpc) is 3.41. The molecule has 2 atom stereocenters. The van der Waals surface area contributed by atoms with Crippen LogP contribution < -0.4 is 16.4 Å². The Morgan fingerprint density at radius 1 is 0.946 bits per heavy atom. The summed E-state index contributed by atoms with van der Waals surface area (Å²) in [6, 6.07) is 7.83. The maximum absolute atomic E-state index is 14.3. The van der Waals surface area contributed by atoms with Crippen LogP contribution in [0.1, 0.15) is 27.4 Å². The summed E-state index contributed by atoms with van der Waals surface area (Å²) in [6.07, 6.45) is 0. The molecule has 1 saturated carbocycles. The first-order chi connectivity index (χ1) is 17.2. The van der Waals surface area contributed by atoms with Gasteiger partial charge in [-0.15, -0.1) is 23.2 Å². The van der Waals surface area contributed by atoms with E-state index in [-0.39, 0.29) is 37.0 Å². The zero-order valence-electron chi connectivity index (χ0n) is 18.5. The molecule has 1 aliphatic rings. The first-order valence-electron chi connectivity index (χ1n) is 10.4. The molecule has 194 valence electrons. The van der Waals surface area contributed by atoms with Crippen LogP contribution in [0.5, 0.6) is 0 Å². The third-order valence-corrected chi connectivity index (χ3v) is 8.48. The van der Waals surface area contributed by atoms with Gasteiger partial charge in [0.15, 0.2) is 5.82 Å². The molecule has 5 nitrogen and oxygen atoms in total. The Balaban J connectivity index is 1.57. The molecule has 4 N–H and O–H groups in total. The van der Waals surface area contributed by atoms with Crippen molar-refractivity contribution in [1.29, 1.82) is 0 Å². The molecule has 2 amide bonds. The number of nitrogens with two attached hydrogens (primary N) is 1. The molecule has 0 aliphatic heterocycles. The number of nitrogens with one attached hydrogen (secondary N) is 2. The molecular weight excluding hydrogens is 613 g/mol. The fourth-order valence-electron chi connectivity index (χ4n) is 3.90. The fraction of sp³-hybridized carbons (Fsp3) is 0.167. The molecule has 1 unspecified atom stereocenters. The molecule has 0 heterocycles. The molecule has 4 rings (SSSR count). The Morgan fingerprint density at radius 2 is 1.57 bits per heavy atom. The lowest BCUT2D eigenvalue weighted by Gasteiger charge is -2.13. The minimum Gasteiger partial charge on any atom is -0.394 e. The smallest absolute Gasteiger partial charge is 0.257 e. The van der Waals surface area contributed by atoms with Gasteiger partial charge >= 0.3 is 0 Å². The van der Waals surface area contributed by atoms with Gasteiger partial charge in [-0.25, -0.2) is 8.78 Å². The summed E-state index contributed by atoms with van der Waals surface area (Å²) in [4.78, 5) is 26.0. The first kappa shape index (κ1) is 28.0. The van der Waals surface area contributed by atoms with Gasteiger partial charge in [0.05, 0.1) is 37.3 Å². The van der Waals surface area contributed by atoms with Gasteiger partial charge in [0, 0.05) is 11.6 Å². The van der Waals surface area contributed by atoms with E-state index in [1.807, 2.05) is 0 Å². The van der Waals surface area contributed by atoms with E-state index in [1.54, 1.807) is 6.92 Å². The molecule has 1 aliphatic carbocycles. The number of rotatable bonds is 5. The summed E-state index contributed by atoms with van der Waals surface area (Å²) in [5, 5.41) is 5.56. The van der Waals surface area contributed by atoms with E-state index in [1.165, 1.54) is 24.3 Å². The van der Waals surface area contributed by atoms with Crippen LogP contribution in [0.3, 0.4) is 0 Å². The molecule has 37 heavy (non-hydrogen) atoms. The molecule has 0 bridgehead atoms. The predicted octanol–water partition coefficient (Wildman–Crippen LogP) is 8.25. The van der Waals surface area contributed by atoms with E-state index >= 15 is 0 Å². The topological polar surface area (TPSA) is 84.2 Å². The highest BCUT2D eigenvalue weighted by molar-refractivity contribution is 6.54. The van der Waals surface area contributed by atoms with Crippen LogP contribution in [0.4, 0.5) is 25.8 Å². The van der Waals surface area contributed by atoms with Crippen molar-refractivity contribution in [2.45, 2.75) is 17.2 Å². The monoisotopic (exact) mass is 625 g/mol. The third-order valence-electron chi connectivity index (χ3n) is 5.84. The number of aryl methyl sites for hydroxylation is 1. The van der Waals surface area contributed by atoms with Gasteiger partial charge in [-0.05, 0) is 54.4 Å². The Labute approximate surface area is 240 Å². The highest BCUT2D eigenvalue weighted by Gasteiger charge is 2.67. The minimum atomic E-state index is -1.45. The van der Waals surface area contributed by atoms with Crippen molar-refractivity contribution in [3.8, 4) is 0 Å². The number of amides is 2. The van der Waals surface area contributed by atoms with E-state index < -0.39 is 45.3 Å². The maximum atomic E-state index is 14.3. The Hall–Kier alpha value is -2.00. The van der Waals surface area contributed by atoms with E-state index in [4.69, 9.17) is 75.3 Å². The lowest BCUT2D eigenvalue weighted by atomic mass is 10.1. The quantitative estimate of drug-likeness (QED) is 0.151. The van der Waals surface area contributed by atoms with Crippen LogP contribution in [0.2, 0.25) is 20.1 Å². The Morgan fingerprint density at radius 3 is 2.19 bits per heavy atom. The molecule has 1 fully saturated rings. The molecule has 0 spiro atoms. The van der Waals surface area contributed by atoms with Crippen LogP contribution in [-0.2, 0) is 4.79 Å². The van der Waals surface area contributed by atoms with Crippen LogP contribution in [0, 0.1) is 24.5 Å². The van der Waals surface area contributed by atoms with Crippen LogP contribution in [0.15, 0.2) is 36.4 Å². The number of anilines is 3. The third kappa shape index (κ3) is 5.31. The van der Waals surface area contributed by atoms with Gasteiger partial charge in [-0.3, -0.25) is 9.59 Å². The zero-order chi connectivity index (χ0) is 27.4. The first-order valence-corrected chi connectivity index (χ1v) is 12.7. The summed E-state index contributed by atoms with van der Waals surface area (Å²) >= 11 is 37.3. The van der Waals surface area contributed by atoms with Gasteiger partial charge in [-0.2, -0.15) is 0 Å². The molecule has 0 radical (unpaired) electrons. The van der Waals surface area contributed by atoms with Gasteiger partial charge in [0.1, 0.15) is 15.8 Å². The summed E-state index contributed by atoms with van der Waals surface area (Å²) in [6.45, 7) is 1.61. The predicted molar refractivity (Wildman–Crippen MR) is 146 cm³/mol. The van der Waals surface area contributed by atoms with Gasteiger partial charge < -0.3 is 16.4 Å². The van der Waals surface area contributed by atoms with Crippen LogP contribution in [0.25, 0.3) is 0 Å². The highest BCUT2D eigenvalue weighted by atomic mass is 35.5. The standard InChI is InChI=1S/C24H15Cl6F2N3O2/c1-8-4-10(7-11(18(8)27)22(36)35-15-3-2-14(31)21(33)20(15)32)34-23(37)17-16(24(17,29)30)9-5-12(25)19(28)13(26)6-9/h2-7,16-17H,33H2,1H3,(H,34,37)(H,35,36)/t16-,17?/m0/s1. The second kappa shape index (κ2) is 10.3. The van der Waals surface area contributed by atoms with Crippen LogP contribution >= 0.6 is 69.6 Å². The van der Waals surface area contributed by atoms with Crippen molar-refractivity contribution in [2.75, 3.05) is 16.4 Å². The molecule has 0 aromatic heterocycles. The molecule has 0 saturated heterocycles. The average molecular weight is 628 g/mol. The second-order valence-electron chi connectivity index (χ2n) is 8.35. The highest BCUT2D eigenvalue weighted by Crippen LogP contribution is 2.65. The number of carbonyl (C=O) groups is 2. The lowest BCUT2D eigenvalue weighted by molar-refractivity contribution is -0.117. The van der Waals surface area contributed by atoms with Crippen molar-refractivity contribution in [2.24, 2.45) is 5.92 Å².